The molecule has 4 aliphatic rings. The molecule has 2 spiro atoms. The molecule has 0 aromatic rings. The molecule has 4 heterocycles. The molecule has 34 heavy (non-hydrogen) atoms. The second-order valence-electron chi connectivity index (χ2n) is 11.5. The smallest absolute Gasteiger partial charge is 0.236 e. The molecule has 0 aromatic heterocycles. The highest BCUT2D eigenvalue weighted by Gasteiger charge is 2.63. The first kappa shape index (κ1) is 26.2. The molecule has 3 saturated heterocycles. The van der Waals surface area contributed by atoms with Crippen LogP contribution in [0.3, 0.4) is 0 Å². The fraction of sp³-hybridized carbons (Fsp3) is 0.889. The molecule has 0 radical (unpaired) electrons. The van der Waals surface area contributed by atoms with E-state index in [0.717, 1.165) is 12.8 Å². The van der Waals surface area contributed by atoms with Crippen LogP contribution in [0.25, 0.3) is 0 Å². The van der Waals surface area contributed by atoms with Crippen LogP contribution in [-0.4, -0.2) is 63.7 Å². The lowest BCUT2D eigenvalue weighted by molar-refractivity contribution is -0.380. The Hall–Kier alpha value is -0.830. The second kappa shape index (κ2) is 9.24. The normalized spacial score (nSPS) is 50.2. The lowest BCUT2D eigenvalue weighted by Gasteiger charge is -2.52. The Labute approximate surface area is 204 Å². The lowest BCUT2D eigenvalue weighted by atomic mass is 9.78. The molecule has 7 nitrogen and oxygen atoms in total. The van der Waals surface area contributed by atoms with Crippen molar-refractivity contribution in [2.24, 2.45) is 17.8 Å². The largest absolute Gasteiger partial charge is 0.396 e. The van der Waals surface area contributed by atoms with E-state index >= 15 is 0 Å². The average molecular weight is 481 g/mol. The molecule has 2 N–H and O–H groups in total. The number of aliphatic hydroxyl groups is 2. The van der Waals surface area contributed by atoms with Crippen LogP contribution in [-0.2, 0) is 23.7 Å². The van der Waals surface area contributed by atoms with Gasteiger partial charge in [-0.15, -0.1) is 0 Å². The predicted octanol–water partition coefficient (Wildman–Crippen LogP) is 3.89. The van der Waals surface area contributed by atoms with Crippen molar-refractivity contribution >= 4 is 5.78 Å². The quantitative estimate of drug-likeness (QED) is 0.616. The topological polar surface area (TPSA) is 94.5 Å². The summed E-state index contributed by atoms with van der Waals surface area (Å²) in [7, 11) is 0. The molecule has 0 aliphatic carbocycles. The van der Waals surface area contributed by atoms with Crippen LogP contribution in [0.1, 0.15) is 86.5 Å². The second-order valence-corrected chi connectivity index (χ2v) is 11.5. The van der Waals surface area contributed by atoms with Gasteiger partial charge in [-0.05, 0) is 70.4 Å². The summed E-state index contributed by atoms with van der Waals surface area (Å²) in [6.45, 7) is 12.2. The van der Waals surface area contributed by atoms with Crippen molar-refractivity contribution < 1.29 is 34.0 Å². The van der Waals surface area contributed by atoms with Gasteiger partial charge < -0.3 is 29.2 Å². The van der Waals surface area contributed by atoms with Gasteiger partial charge in [0, 0.05) is 24.9 Å². The first-order valence-corrected chi connectivity index (χ1v) is 13.3. The number of rotatable bonds is 5. The Balaban J connectivity index is 1.56. The molecule has 7 heteroatoms. The van der Waals surface area contributed by atoms with Crippen LogP contribution < -0.4 is 0 Å². The van der Waals surface area contributed by atoms with Gasteiger partial charge in [0.05, 0.1) is 29.5 Å². The molecule has 0 aromatic carbocycles. The highest BCUT2D eigenvalue weighted by Crippen LogP contribution is 2.52. The van der Waals surface area contributed by atoms with Crippen molar-refractivity contribution in [3.8, 4) is 0 Å². The number of hydrogen-bond acceptors (Lipinski definition) is 7. The zero-order chi connectivity index (χ0) is 24.9. The summed E-state index contributed by atoms with van der Waals surface area (Å²) in [4.78, 5) is 13.2. The van der Waals surface area contributed by atoms with E-state index in [4.69, 9.17) is 18.9 Å². The Bertz CT molecular complexity index is 796. The Morgan fingerprint density at radius 2 is 1.88 bits per heavy atom. The fourth-order valence-corrected chi connectivity index (χ4v) is 6.62. The van der Waals surface area contributed by atoms with Gasteiger partial charge >= 0.3 is 0 Å². The van der Waals surface area contributed by atoms with Gasteiger partial charge in [-0.1, -0.05) is 27.7 Å². The van der Waals surface area contributed by atoms with Gasteiger partial charge in [0.2, 0.25) is 11.6 Å². The Morgan fingerprint density at radius 3 is 2.50 bits per heavy atom. The van der Waals surface area contributed by atoms with Crippen LogP contribution in [0.4, 0.5) is 0 Å². The van der Waals surface area contributed by atoms with Gasteiger partial charge in [0.15, 0.2) is 5.79 Å². The summed E-state index contributed by atoms with van der Waals surface area (Å²) in [5.74, 6) is -2.37. The third-order valence-corrected chi connectivity index (χ3v) is 9.29. The van der Waals surface area contributed by atoms with Crippen LogP contribution in [0, 0.1) is 17.8 Å². The number of ether oxygens (including phenoxy) is 4. The number of hydrogen-bond donors (Lipinski definition) is 2. The SMILES string of the molecule is CC[C@@H](CO)[C@H]1O[C@@]2(C=CC(=O)[C@]3(CC[C@@](C)([C@H]4CC[C@](O)(CC)[C@H](C)O4)O3)O2)[C@H](C)C[C@@H]1C. The molecular weight excluding hydrogens is 436 g/mol. The predicted molar refractivity (Wildman–Crippen MR) is 127 cm³/mol. The lowest BCUT2D eigenvalue weighted by Crippen LogP contribution is -2.61. The first-order valence-electron chi connectivity index (χ1n) is 13.3. The van der Waals surface area contributed by atoms with Gasteiger partial charge in [-0.2, -0.15) is 0 Å². The van der Waals surface area contributed by atoms with Gasteiger partial charge in [0.25, 0.3) is 0 Å². The molecule has 194 valence electrons. The number of carbonyl (C=O) groups is 1. The number of carbonyl (C=O) groups excluding carboxylic acids is 1. The number of aliphatic hydroxyl groups excluding tert-OH is 1. The van der Waals surface area contributed by atoms with E-state index in [1.165, 1.54) is 0 Å². The third-order valence-electron chi connectivity index (χ3n) is 9.29. The minimum absolute atomic E-state index is 0.00848. The zero-order valence-corrected chi connectivity index (χ0v) is 21.7. The standard InChI is InChI=1S/C27H44O7/c1-7-20(16-28)23-17(3)15-18(4)26(32-23)12-9-21(29)27(34-26)14-13-24(6,33-27)22-10-11-25(30,8-2)19(5)31-22/h9,12,17-20,22-23,28,30H,7-8,10-11,13-16H2,1-6H3/t17-,18+,19-,20-,22+,23-,24-,25+,26+,27-/m0/s1. The van der Waals surface area contributed by atoms with Crippen molar-refractivity contribution in [2.75, 3.05) is 6.61 Å². The minimum atomic E-state index is -1.41. The van der Waals surface area contributed by atoms with Crippen LogP contribution in [0.2, 0.25) is 0 Å². The molecule has 0 unspecified atom stereocenters. The van der Waals surface area contributed by atoms with E-state index in [9.17, 15) is 15.0 Å². The first-order chi connectivity index (χ1) is 16.0. The molecule has 10 atom stereocenters. The van der Waals surface area contributed by atoms with Crippen molar-refractivity contribution in [2.45, 2.75) is 128 Å². The van der Waals surface area contributed by atoms with Gasteiger partial charge in [-0.25, -0.2) is 0 Å². The fourth-order valence-electron chi connectivity index (χ4n) is 6.62. The van der Waals surface area contributed by atoms with Crippen molar-refractivity contribution in [1.29, 1.82) is 0 Å². The molecule has 0 saturated carbocycles. The molecule has 4 rings (SSSR count). The van der Waals surface area contributed by atoms with Crippen LogP contribution in [0.15, 0.2) is 12.2 Å². The maximum atomic E-state index is 13.2. The van der Waals surface area contributed by atoms with E-state index in [2.05, 4.69) is 20.8 Å². The van der Waals surface area contributed by atoms with Crippen molar-refractivity contribution in [3.63, 3.8) is 0 Å². The van der Waals surface area contributed by atoms with E-state index in [1.54, 1.807) is 12.2 Å². The van der Waals surface area contributed by atoms with Crippen molar-refractivity contribution in [3.05, 3.63) is 12.2 Å². The van der Waals surface area contributed by atoms with Gasteiger partial charge in [0.1, 0.15) is 0 Å². The summed E-state index contributed by atoms with van der Waals surface area (Å²) in [6, 6.07) is 0. The summed E-state index contributed by atoms with van der Waals surface area (Å²) < 4.78 is 26.1. The molecule has 3 fully saturated rings. The highest BCUT2D eigenvalue weighted by molar-refractivity contribution is 5.97. The summed E-state index contributed by atoms with van der Waals surface area (Å²) in [5.41, 5.74) is -1.53. The molecule has 0 bridgehead atoms. The summed E-state index contributed by atoms with van der Waals surface area (Å²) in [5, 5.41) is 20.8. The Kier molecular flexibility index (Phi) is 7.13. The number of ketones is 1. The van der Waals surface area contributed by atoms with E-state index in [-0.39, 0.29) is 48.5 Å². The van der Waals surface area contributed by atoms with Crippen molar-refractivity contribution in [1.82, 2.24) is 0 Å². The summed E-state index contributed by atoms with van der Waals surface area (Å²) >= 11 is 0. The van der Waals surface area contributed by atoms with E-state index in [1.807, 2.05) is 20.8 Å². The molecule has 4 aliphatic heterocycles. The molecule has 0 amide bonds. The van der Waals surface area contributed by atoms with E-state index in [0.29, 0.717) is 32.1 Å². The van der Waals surface area contributed by atoms with Crippen LogP contribution in [0.5, 0.6) is 0 Å². The maximum Gasteiger partial charge on any atom is 0.236 e. The van der Waals surface area contributed by atoms with E-state index < -0.39 is 22.8 Å². The highest BCUT2D eigenvalue weighted by atomic mass is 16.8. The van der Waals surface area contributed by atoms with Gasteiger partial charge in [-0.3, -0.25) is 4.79 Å². The minimum Gasteiger partial charge on any atom is -0.396 e. The maximum absolute atomic E-state index is 13.2. The molecular formula is C27H44O7. The summed E-state index contributed by atoms with van der Waals surface area (Å²) in [6.07, 6.45) is 7.27. The van der Waals surface area contributed by atoms with Crippen LogP contribution >= 0.6 is 0 Å². The monoisotopic (exact) mass is 480 g/mol. The third kappa shape index (κ3) is 4.20. The Morgan fingerprint density at radius 1 is 1.15 bits per heavy atom. The zero-order valence-electron chi connectivity index (χ0n) is 21.7. The average Bonchev–Trinajstić information content (AvgIpc) is 3.15.